The Labute approximate surface area is 160 Å². The van der Waals surface area contributed by atoms with Crippen LogP contribution in [0.3, 0.4) is 0 Å². The summed E-state index contributed by atoms with van der Waals surface area (Å²) in [6.07, 6.45) is 0. The van der Waals surface area contributed by atoms with E-state index in [1.54, 1.807) is 38.4 Å². The largest absolute Gasteiger partial charge is 0.347 e. The van der Waals surface area contributed by atoms with Crippen LogP contribution < -0.4 is 5.32 Å². The Kier molecular flexibility index (Phi) is 6.50. The van der Waals surface area contributed by atoms with Crippen LogP contribution in [-0.4, -0.2) is 42.6 Å². The van der Waals surface area contributed by atoms with Gasteiger partial charge in [0.15, 0.2) is 5.78 Å². The van der Waals surface area contributed by atoms with E-state index in [2.05, 4.69) is 5.32 Å². The lowest BCUT2D eigenvalue weighted by Crippen LogP contribution is -2.49. The molecule has 27 heavy (non-hydrogen) atoms. The Bertz CT molecular complexity index is 856. The molecule has 1 N–H and O–H groups in total. The van der Waals surface area contributed by atoms with E-state index < -0.39 is 6.04 Å². The molecule has 2 aromatic carbocycles. The minimum atomic E-state index is -0.597. The highest BCUT2D eigenvalue weighted by Gasteiger charge is 2.26. The third kappa shape index (κ3) is 4.82. The van der Waals surface area contributed by atoms with Gasteiger partial charge in [-0.2, -0.15) is 0 Å². The average Bonchev–Trinajstić information content (AvgIpc) is 2.65. The molecule has 0 spiro atoms. The molecule has 0 fully saturated rings. The summed E-state index contributed by atoms with van der Waals surface area (Å²) in [6, 6.07) is 13.8. The summed E-state index contributed by atoms with van der Waals surface area (Å²) >= 11 is 0. The normalized spacial score (nSPS) is 11.8. The van der Waals surface area contributed by atoms with E-state index in [-0.39, 0.29) is 23.5 Å². The van der Waals surface area contributed by atoms with E-state index in [4.69, 9.17) is 0 Å². The standard InChI is InChI=1S/C22H26N2O3/c1-14(2)20(22(27)24(4)5)23-21(26)17-10-8-9-16(13-17)19-12-7-6-11-18(19)15(3)25/h6-14,20H,1-5H3,(H,23,26). The Morgan fingerprint density at radius 1 is 0.963 bits per heavy atom. The topological polar surface area (TPSA) is 66.5 Å². The Morgan fingerprint density at radius 2 is 1.63 bits per heavy atom. The van der Waals surface area contributed by atoms with Gasteiger partial charge in [0.1, 0.15) is 6.04 Å². The molecule has 2 aromatic rings. The second kappa shape index (κ2) is 8.62. The number of amides is 2. The quantitative estimate of drug-likeness (QED) is 0.797. The van der Waals surface area contributed by atoms with Crippen molar-refractivity contribution in [1.29, 1.82) is 0 Å². The van der Waals surface area contributed by atoms with E-state index >= 15 is 0 Å². The highest BCUT2D eigenvalue weighted by Crippen LogP contribution is 2.25. The van der Waals surface area contributed by atoms with Crippen LogP contribution in [0.5, 0.6) is 0 Å². The maximum atomic E-state index is 12.7. The first-order valence-electron chi connectivity index (χ1n) is 8.94. The van der Waals surface area contributed by atoms with Gasteiger partial charge in [0.25, 0.3) is 5.91 Å². The molecular formula is C22H26N2O3. The fourth-order valence-corrected chi connectivity index (χ4v) is 2.89. The van der Waals surface area contributed by atoms with E-state index in [1.807, 2.05) is 38.1 Å². The number of rotatable bonds is 6. The maximum absolute atomic E-state index is 12.7. The summed E-state index contributed by atoms with van der Waals surface area (Å²) in [5, 5.41) is 2.83. The highest BCUT2D eigenvalue weighted by atomic mass is 16.2. The molecule has 0 aromatic heterocycles. The van der Waals surface area contributed by atoms with Crippen LogP contribution in [0.4, 0.5) is 0 Å². The van der Waals surface area contributed by atoms with Crippen LogP contribution in [0.2, 0.25) is 0 Å². The van der Waals surface area contributed by atoms with Crippen LogP contribution in [-0.2, 0) is 4.79 Å². The lowest BCUT2D eigenvalue weighted by atomic mass is 9.96. The summed E-state index contributed by atoms with van der Waals surface area (Å²) in [5.74, 6) is -0.523. The van der Waals surface area contributed by atoms with Crippen LogP contribution in [0.15, 0.2) is 48.5 Å². The second-order valence-corrected chi connectivity index (χ2v) is 7.11. The number of hydrogen-bond donors (Lipinski definition) is 1. The second-order valence-electron chi connectivity index (χ2n) is 7.11. The van der Waals surface area contributed by atoms with E-state index in [0.29, 0.717) is 11.1 Å². The van der Waals surface area contributed by atoms with Gasteiger partial charge >= 0.3 is 0 Å². The van der Waals surface area contributed by atoms with Gasteiger partial charge in [-0.15, -0.1) is 0 Å². The smallest absolute Gasteiger partial charge is 0.251 e. The van der Waals surface area contributed by atoms with Crippen LogP contribution in [0.1, 0.15) is 41.5 Å². The molecule has 5 heteroatoms. The molecule has 0 saturated carbocycles. The van der Waals surface area contributed by atoms with Crippen molar-refractivity contribution >= 4 is 17.6 Å². The lowest BCUT2D eigenvalue weighted by molar-refractivity contribution is -0.131. The number of carbonyl (C=O) groups excluding carboxylic acids is 3. The number of likely N-dealkylation sites (N-methyl/N-ethyl adjacent to an activating group) is 1. The van der Waals surface area contributed by atoms with Crippen LogP contribution in [0, 0.1) is 5.92 Å². The average molecular weight is 366 g/mol. The number of nitrogens with zero attached hydrogens (tertiary/aromatic N) is 1. The molecule has 0 saturated heterocycles. The number of ketones is 1. The fraction of sp³-hybridized carbons (Fsp3) is 0.318. The third-order valence-electron chi connectivity index (χ3n) is 4.40. The zero-order valence-corrected chi connectivity index (χ0v) is 16.4. The number of Topliss-reactive ketones (excluding diaryl/α,β-unsaturated/α-hetero) is 1. The molecule has 0 heterocycles. The van der Waals surface area contributed by atoms with Crippen molar-refractivity contribution in [3.05, 3.63) is 59.7 Å². The zero-order chi connectivity index (χ0) is 20.1. The molecule has 0 aliphatic heterocycles. The fourth-order valence-electron chi connectivity index (χ4n) is 2.89. The molecule has 1 atom stereocenters. The molecule has 5 nitrogen and oxygen atoms in total. The molecule has 0 radical (unpaired) electrons. The van der Waals surface area contributed by atoms with Crippen molar-refractivity contribution in [2.75, 3.05) is 14.1 Å². The van der Waals surface area contributed by atoms with Crippen molar-refractivity contribution in [1.82, 2.24) is 10.2 Å². The molecule has 2 amide bonds. The van der Waals surface area contributed by atoms with Gasteiger partial charge in [-0.3, -0.25) is 14.4 Å². The zero-order valence-electron chi connectivity index (χ0n) is 16.4. The molecule has 0 bridgehead atoms. The Morgan fingerprint density at radius 3 is 2.22 bits per heavy atom. The lowest BCUT2D eigenvalue weighted by Gasteiger charge is -2.24. The monoisotopic (exact) mass is 366 g/mol. The minimum absolute atomic E-state index is 0.0306. The summed E-state index contributed by atoms with van der Waals surface area (Å²) < 4.78 is 0. The predicted molar refractivity (Wildman–Crippen MR) is 107 cm³/mol. The van der Waals surface area contributed by atoms with Gasteiger partial charge in [0.2, 0.25) is 5.91 Å². The van der Waals surface area contributed by atoms with Gasteiger partial charge in [-0.25, -0.2) is 0 Å². The molecule has 142 valence electrons. The van der Waals surface area contributed by atoms with E-state index in [0.717, 1.165) is 11.1 Å². The molecule has 0 aliphatic rings. The Hall–Kier alpha value is -2.95. The molecular weight excluding hydrogens is 340 g/mol. The Balaban J connectivity index is 2.33. The summed E-state index contributed by atoms with van der Waals surface area (Å²) in [6.45, 7) is 5.31. The minimum Gasteiger partial charge on any atom is -0.347 e. The number of carbonyl (C=O) groups is 3. The maximum Gasteiger partial charge on any atom is 0.251 e. The van der Waals surface area contributed by atoms with Gasteiger partial charge in [-0.1, -0.05) is 50.2 Å². The molecule has 2 rings (SSSR count). The van der Waals surface area contributed by atoms with Gasteiger partial charge in [0, 0.05) is 25.2 Å². The molecule has 0 aliphatic carbocycles. The van der Waals surface area contributed by atoms with Gasteiger partial charge < -0.3 is 10.2 Å². The first-order valence-corrected chi connectivity index (χ1v) is 8.94. The SMILES string of the molecule is CC(=O)c1ccccc1-c1cccc(C(=O)NC(C(=O)N(C)C)C(C)C)c1. The number of hydrogen-bond acceptors (Lipinski definition) is 3. The van der Waals surface area contributed by atoms with Gasteiger partial charge in [0.05, 0.1) is 0 Å². The van der Waals surface area contributed by atoms with Crippen molar-refractivity contribution in [2.45, 2.75) is 26.8 Å². The predicted octanol–water partition coefficient (Wildman–Crippen LogP) is 3.40. The van der Waals surface area contributed by atoms with Crippen molar-refractivity contribution in [3.8, 4) is 11.1 Å². The summed E-state index contributed by atoms with van der Waals surface area (Å²) in [4.78, 5) is 38.4. The number of benzene rings is 2. The molecule has 1 unspecified atom stereocenters. The number of nitrogens with one attached hydrogen (secondary N) is 1. The van der Waals surface area contributed by atoms with E-state index in [9.17, 15) is 14.4 Å². The van der Waals surface area contributed by atoms with Crippen LogP contribution >= 0.6 is 0 Å². The van der Waals surface area contributed by atoms with Crippen molar-refractivity contribution in [2.24, 2.45) is 5.92 Å². The van der Waals surface area contributed by atoms with E-state index in [1.165, 1.54) is 11.8 Å². The highest BCUT2D eigenvalue weighted by molar-refractivity contribution is 6.02. The first-order chi connectivity index (χ1) is 12.7. The van der Waals surface area contributed by atoms with Crippen molar-refractivity contribution in [3.63, 3.8) is 0 Å². The summed E-state index contributed by atoms with van der Waals surface area (Å²) in [7, 11) is 3.34. The third-order valence-corrected chi connectivity index (χ3v) is 4.40. The van der Waals surface area contributed by atoms with Crippen molar-refractivity contribution < 1.29 is 14.4 Å². The van der Waals surface area contributed by atoms with Crippen LogP contribution in [0.25, 0.3) is 11.1 Å². The summed E-state index contributed by atoms with van der Waals surface area (Å²) in [5.41, 5.74) is 2.62. The van der Waals surface area contributed by atoms with Gasteiger partial charge in [-0.05, 0) is 36.1 Å². The first kappa shape index (κ1) is 20.4.